The maximum atomic E-state index is 12.5. The lowest BCUT2D eigenvalue weighted by atomic mass is 10.1. The van der Waals surface area contributed by atoms with Crippen molar-refractivity contribution in [3.63, 3.8) is 0 Å². The van der Waals surface area contributed by atoms with E-state index in [2.05, 4.69) is 0 Å². The number of carbonyl (C=O) groups is 3. The predicted molar refractivity (Wildman–Crippen MR) is 89.2 cm³/mol. The molecule has 0 unspecified atom stereocenters. The molecule has 1 aliphatic heterocycles. The van der Waals surface area contributed by atoms with E-state index in [1.165, 1.54) is 24.3 Å². The monoisotopic (exact) mass is 323 g/mol. The van der Waals surface area contributed by atoms with Crippen molar-refractivity contribution in [2.24, 2.45) is 0 Å². The number of esters is 1. The fourth-order valence-electron chi connectivity index (χ4n) is 2.92. The SMILES string of the molecule is C[C@@H]1Cc2ccccc2N1C(=O)COC(=O)c1ccc(C=O)cc1. The van der Waals surface area contributed by atoms with Gasteiger partial charge in [0.25, 0.3) is 5.91 Å². The molecule has 2 aromatic rings. The Morgan fingerprint density at radius 3 is 2.58 bits per heavy atom. The topological polar surface area (TPSA) is 63.7 Å². The van der Waals surface area contributed by atoms with E-state index in [0.717, 1.165) is 17.7 Å². The van der Waals surface area contributed by atoms with Gasteiger partial charge in [0, 0.05) is 17.3 Å². The second kappa shape index (κ2) is 6.66. The van der Waals surface area contributed by atoms with Crippen LogP contribution in [-0.4, -0.2) is 30.8 Å². The van der Waals surface area contributed by atoms with E-state index in [9.17, 15) is 14.4 Å². The lowest BCUT2D eigenvalue weighted by Crippen LogP contribution is -2.38. The largest absolute Gasteiger partial charge is 0.452 e. The van der Waals surface area contributed by atoms with Crippen molar-refractivity contribution in [2.75, 3.05) is 11.5 Å². The van der Waals surface area contributed by atoms with Crippen molar-refractivity contribution in [3.8, 4) is 0 Å². The van der Waals surface area contributed by atoms with Gasteiger partial charge in [0.1, 0.15) is 6.29 Å². The molecule has 0 spiro atoms. The quantitative estimate of drug-likeness (QED) is 0.641. The Hall–Kier alpha value is -2.95. The number of fused-ring (bicyclic) bond motifs is 1. The van der Waals surface area contributed by atoms with Gasteiger partial charge in [0.2, 0.25) is 0 Å². The van der Waals surface area contributed by atoms with Crippen molar-refractivity contribution in [2.45, 2.75) is 19.4 Å². The lowest BCUT2D eigenvalue weighted by molar-refractivity contribution is -0.122. The van der Waals surface area contributed by atoms with Gasteiger partial charge in [-0.2, -0.15) is 0 Å². The molecule has 5 heteroatoms. The molecule has 0 radical (unpaired) electrons. The summed E-state index contributed by atoms with van der Waals surface area (Å²) in [6, 6.07) is 13.8. The zero-order valence-electron chi connectivity index (χ0n) is 13.3. The molecule has 0 saturated heterocycles. The van der Waals surface area contributed by atoms with Crippen LogP contribution in [0, 0.1) is 0 Å². The van der Waals surface area contributed by atoms with Gasteiger partial charge in [-0.25, -0.2) is 4.79 Å². The van der Waals surface area contributed by atoms with E-state index in [1.807, 2.05) is 31.2 Å². The Labute approximate surface area is 139 Å². The van der Waals surface area contributed by atoms with Gasteiger partial charge in [-0.05, 0) is 37.1 Å². The Morgan fingerprint density at radius 1 is 1.17 bits per heavy atom. The average Bonchev–Trinajstić information content (AvgIpc) is 2.95. The summed E-state index contributed by atoms with van der Waals surface area (Å²) in [5, 5.41) is 0. The predicted octanol–water partition coefficient (Wildman–Crippen LogP) is 2.63. The number of amides is 1. The molecule has 5 nitrogen and oxygen atoms in total. The Morgan fingerprint density at radius 2 is 1.88 bits per heavy atom. The molecular formula is C19H17NO4. The second-order valence-corrected chi connectivity index (χ2v) is 5.76. The van der Waals surface area contributed by atoms with Crippen LogP contribution in [0.25, 0.3) is 0 Å². The maximum absolute atomic E-state index is 12.5. The first-order valence-corrected chi connectivity index (χ1v) is 7.72. The number of aldehydes is 1. The summed E-state index contributed by atoms with van der Waals surface area (Å²) in [4.78, 5) is 36.8. The number of anilines is 1. The van der Waals surface area contributed by atoms with Crippen LogP contribution >= 0.6 is 0 Å². The Balaban J connectivity index is 1.65. The third-order valence-electron chi connectivity index (χ3n) is 4.09. The van der Waals surface area contributed by atoms with Gasteiger partial charge < -0.3 is 9.64 Å². The molecule has 1 aliphatic rings. The third kappa shape index (κ3) is 3.06. The molecule has 0 aromatic heterocycles. The summed E-state index contributed by atoms with van der Waals surface area (Å²) in [7, 11) is 0. The van der Waals surface area contributed by atoms with Crippen LogP contribution in [-0.2, 0) is 16.0 Å². The summed E-state index contributed by atoms with van der Waals surface area (Å²) in [5.41, 5.74) is 2.78. The number of benzene rings is 2. The number of carbonyl (C=O) groups excluding carboxylic acids is 3. The second-order valence-electron chi connectivity index (χ2n) is 5.76. The summed E-state index contributed by atoms with van der Waals surface area (Å²) in [6.45, 7) is 1.66. The highest BCUT2D eigenvalue weighted by atomic mass is 16.5. The van der Waals surface area contributed by atoms with Crippen molar-refractivity contribution in [1.82, 2.24) is 0 Å². The van der Waals surface area contributed by atoms with Crippen LogP contribution in [0.2, 0.25) is 0 Å². The number of rotatable bonds is 4. The third-order valence-corrected chi connectivity index (χ3v) is 4.09. The zero-order valence-corrected chi connectivity index (χ0v) is 13.3. The molecule has 1 amide bonds. The van der Waals surface area contributed by atoms with Gasteiger partial charge in [0.15, 0.2) is 6.61 Å². The van der Waals surface area contributed by atoms with Gasteiger partial charge >= 0.3 is 5.97 Å². The number of para-hydroxylation sites is 1. The van der Waals surface area contributed by atoms with Crippen molar-refractivity contribution < 1.29 is 19.1 Å². The average molecular weight is 323 g/mol. The Kier molecular flexibility index (Phi) is 4.42. The van der Waals surface area contributed by atoms with Gasteiger partial charge in [0.05, 0.1) is 5.56 Å². The molecule has 1 heterocycles. The van der Waals surface area contributed by atoms with E-state index in [1.54, 1.807) is 4.90 Å². The molecule has 0 saturated carbocycles. The van der Waals surface area contributed by atoms with E-state index in [4.69, 9.17) is 4.74 Å². The number of nitrogens with zero attached hydrogens (tertiary/aromatic N) is 1. The van der Waals surface area contributed by atoms with Crippen LogP contribution in [0.3, 0.4) is 0 Å². The molecule has 3 rings (SSSR count). The zero-order chi connectivity index (χ0) is 17.1. The molecule has 122 valence electrons. The van der Waals surface area contributed by atoms with Crippen LogP contribution in [0.1, 0.15) is 33.2 Å². The summed E-state index contributed by atoms with van der Waals surface area (Å²) in [6.07, 6.45) is 1.49. The standard InChI is InChI=1S/C19H17NO4/c1-13-10-16-4-2-3-5-17(16)20(13)18(22)12-24-19(23)15-8-6-14(11-21)7-9-15/h2-9,11,13H,10,12H2,1H3/t13-/m1/s1. The number of ether oxygens (including phenoxy) is 1. The van der Waals surface area contributed by atoms with E-state index in [0.29, 0.717) is 17.4 Å². The fraction of sp³-hybridized carbons (Fsp3) is 0.211. The molecule has 0 bridgehead atoms. The normalized spacial score (nSPS) is 15.7. The van der Waals surface area contributed by atoms with Crippen molar-refractivity contribution in [3.05, 3.63) is 65.2 Å². The fourth-order valence-corrected chi connectivity index (χ4v) is 2.92. The van der Waals surface area contributed by atoms with Gasteiger partial charge in [-0.3, -0.25) is 9.59 Å². The van der Waals surface area contributed by atoms with E-state index < -0.39 is 5.97 Å². The molecular weight excluding hydrogens is 306 g/mol. The molecule has 0 fully saturated rings. The molecule has 0 aliphatic carbocycles. The van der Waals surface area contributed by atoms with Gasteiger partial charge in [-0.15, -0.1) is 0 Å². The van der Waals surface area contributed by atoms with Crippen LogP contribution < -0.4 is 4.90 Å². The van der Waals surface area contributed by atoms with Gasteiger partial charge in [-0.1, -0.05) is 30.3 Å². The maximum Gasteiger partial charge on any atom is 0.338 e. The molecule has 2 aromatic carbocycles. The van der Waals surface area contributed by atoms with E-state index in [-0.39, 0.29) is 18.6 Å². The first-order valence-electron chi connectivity index (χ1n) is 7.72. The summed E-state index contributed by atoms with van der Waals surface area (Å²) < 4.78 is 5.12. The smallest absolute Gasteiger partial charge is 0.338 e. The highest BCUT2D eigenvalue weighted by Crippen LogP contribution is 2.31. The minimum Gasteiger partial charge on any atom is -0.452 e. The molecule has 1 atom stereocenters. The highest BCUT2D eigenvalue weighted by Gasteiger charge is 2.30. The minimum absolute atomic E-state index is 0.0421. The van der Waals surface area contributed by atoms with E-state index >= 15 is 0 Å². The number of hydrogen-bond donors (Lipinski definition) is 0. The summed E-state index contributed by atoms with van der Waals surface area (Å²) >= 11 is 0. The minimum atomic E-state index is -0.582. The number of hydrogen-bond acceptors (Lipinski definition) is 4. The summed E-state index contributed by atoms with van der Waals surface area (Å²) in [5.74, 6) is -0.828. The van der Waals surface area contributed by atoms with Crippen molar-refractivity contribution >= 4 is 23.9 Å². The first kappa shape index (κ1) is 15.9. The highest BCUT2D eigenvalue weighted by molar-refractivity contribution is 5.99. The first-order chi connectivity index (χ1) is 11.6. The van der Waals surface area contributed by atoms with Crippen molar-refractivity contribution in [1.29, 1.82) is 0 Å². The van der Waals surface area contributed by atoms with Crippen LogP contribution in [0.4, 0.5) is 5.69 Å². The Bertz CT molecular complexity index is 782. The molecule has 0 N–H and O–H groups in total. The lowest BCUT2D eigenvalue weighted by Gasteiger charge is -2.22. The van der Waals surface area contributed by atoms with Crippen LogP contribution in [0.5, 0.6) is 0 Å². The molecule has 24 heavy (non-hydrogen) atoms. The van der Waals surface area contributed by atoms with Crippen LogP contribution in [0.15, 0.2) is 48.5 Å².